The summed E-state index contributed by atoms with van der Waals surface area (Å²) in [6, 6.07) is 14.7. The first kappa shape index (κ1) is 21.0. The summed E-state index contributed by atoms with van der Waals surface area (Å²) in [6.45, 7) is 2.03. The van der Waals surface area contributed by atoms with E-state index in [-0.39, 0.29) is 30.5 Å². The van der Waals surface area contributed by atoms with E-state index in [1.807, 2.05) is 0 Å². The van der Waals surface area contributed by atoms with Crippen LogP contribution in [-0.4, -0.2) is 40.2 Å². The number of nitrogens with zero attached hydrogens (tertiary/aromatic N) is 4. The summed E-state index contributed by atoms with van der Waals surface area (Å²) in [6.07, 6.45) is 0.0910. The minimum atomic E-state index is -0.533. The Morgan fingerprint density at radius 2 is 1.94 bits per heavy atom. The van der Waals surface area contributed by atoms with E-state index in [9.17, 15) is 19.7 Å². The predicted molar refractivity (Wildman–Crippen MR) is 117 cm³/mol. The van der Waals surface area contributed by atoms with Crippen molar-refractivity contribution in [2.24, 2.45) is 5.92 Å². The van der Waals surface area contributed by atoms with Crippen LogP contribution in [0.15, 0.2) is 54.6 Å². The minimum absolute atomic E-state index is 0.0367. The van der Waals surface area contributed by atoms with E-state index in [4.69, 9.17) is 4.74 Å². The Hall–Kier alpha value is -4.21. The van der Waals surface area contributed by atoms with Crippen LogP contribution in [0, 0.1) is 23.0 Å². The maximum Gasteiger partial charge on any atom is 0.269 e. The van der Waals surface area contributed by atoms with Crippen molar-refractivity contribution in [3.63, 3.8) is 0 Å². The Bertz CT molecular complexity index is 1190. The maximum absolute atomic E-state index is 13.0. The maximum atomic E-state index is 13.0. The quantitative estimate of drug-likeness (QED) is 0.469. The number of hydrogen-bond donors (Lipinski definition) is 1. The van der Waals surface area contributed by atoms with Gasteiger partial charge >= 0.3 is 0 Å². The average molecular weight is 435 g/mol. The number of amides is 2. The summed E-state index contributed by atoms with van der Waals surface area (Å²) in [5.74, 6) is 0.0822. The molecule has 2 heterocycles. The summed E-state index contributed by atoms with van der Waals surface area (Å²) in [4.78, 5) is 37.5. The van der Waals surface area contributed by atoms with Crippen LogP contribution in [0.1, 0.15) is 12.1 Å². The SMILES string of the molecule is COc1cccc(N2CC(C(=O)Nc3cc(C)nn3-c3ccc([N+](=O)[O-])cc3)CC2=O)c1. The molecule has 1 unspecified atom stereocenters. The number of anilines is 2. The van der Waals surface area contributed by atoms with Crippen molar-refractivity contribution in [1.29, 1.82) is 0 Å². The summed E-state index contributed by atoms with van der Waals surface area (Å²) in [7, 11) is 1.55. The summed E-state index contributed by atoms with van der Waals surface area (Å²) < 4.78 is 6.72. The fourth-order valence-electron chi connectivity index (χ4n) is 3.64. The van der Waals surface area contributed by atoms with Crippen molar-refractivity contribution < 1.29 is 19.2 Å². The van der Waals surface area contributed by atoms with Crippen LogP contribution in [0.25, 0.3) is 5.69 Å². The van der Waals surface area contributed by atoms with Crippen LogP contribution >= 0.6 is 0 Å². The lowest BCUT2D eigenvalue weighted by Gasteiger charge is -2.17. The lowest BCUT2D eigenvalue weighted by Crippen LogP contribution is -2.28. The molecule has 3 aromatic rings. The molecule has 0 aliphatic carbocycles. The molecular weight excluding hydrogens is 414 g/mol. The van der Waals surface area contributed by atoms with Crippen LogP contribution in [0.5, 0.6) is 5.75 Å². The van der Waals surface area contributed by atoms with Crippen molar-refractivity contribution in [2.75, 3.05) is 23.9 Å². The zero-order valence-corrected chi connectivity index (χ0v) is 17.5. The van der Waals surface area contributed by atoms with Gasteiger partial charge in [-0.15, -0.1) is 0 Å². The van der Waals surface area contributed by atoms with Crippen molar-refractivity contribution in [3.05, 3.63) is 70.4 Å². The van der Waals surface area contributed by atoms with Gasteiger partial charge in [0.2, 0.25) is 11.8 Å². The number of nitro benzene ring substituents is 1. The Balaban J connectivity index is 1.51. The van der Waals surface area contributed by atoms with Gasteiger partial charge in [0.15, 0.2) is 0 Å². The van der Waals surface area contributed by atoms with Crippen molar-refractivity contribution >= 4 is 29.0 Å². The highest BCUT2D eigenvalue weighted by atomic mass is 16.6. The van der Waals surface area contributed by atoms with Gasteiger partial charge in [0.05, 0.1) is 29.3 Å². The number of benzene rings is 2. The highest BCUT2D eigenvalue weighted by molar-refractivity contribution is 6.03. The van der Waals surface area contributed by atoms with Gasteiger partial charge in [-0.2, -0.15) is 5.10 Å². The molecule has 1 fully saturated rings. The molecule has 2 amide bonds. The second-order valence-corrected chi connectivity index (χ2v) is 7.45. The second-order valence-electron chi connectivity index (χ2n) is 7.45. The zero-order chi connectivity index (χ0) is 22.8. The van der Waals surface area contributed by atoms with Crippen LogP contribution in [0.2, 0.25) is 0 Å². The molecule has 0 bridgehead atoms. The van der Waals surface area contributed by atoms with E-state index >= 15 is 0 Å². The molecule has 0 saturated carbocycles. The van der Waals surface area contributed by atoms with E-state index in [2.05, 4.69) is 10.4 Å². The molecule has 1 aliphatic rings. The van der Waals surface area contributed by atoms with Crippen LogP contribution < -0.4 is 15.0 Å². The van der Waals surface area contributed by atoms with Gasteiger partial charge < -0.3 is 15.0 Å². The largest absolute Gasteiger partial charge is 0.497 e. The topological polar surface area (TPSA) is 120 Å². The van der Waals surface area contributed by atoms with Crippen molar-refractivity contribution in [3.8, 4) is 11.4 Å². The zero-order valence-electron chi connectivity index (χ0n) is 17.5. The summed E-state index contributed by atoms with van der Waals surface area (Å²) >= 11 is 0. The Labute approximate surface area is 183 Å². The lowest BCUT2D eigenvalue weighted by molar-refractivity contribution is -0.384. The molecule has 10 heteroatoms. The number of carbonyl (C=O) groups is 2. The number of methoxy groups -OCH3 is 1. The molecule has 4 rings (SSSR count). The molecule has 164 valence electrons. The van der Waals surface area contributed by atoms with E-state index in [1.165, 1.54) is 16.8 Å². The van der Waals surface area contributed by atoms with Gasteiger partial charge in [0, 0.05) is 42.9 Å². The van der Waals surface area contributed by atoms with E-state index < -0.39 is 10.8 Å². The van der Waals surface area contributed by atoms with Crippen LogP contribution in [-0.2, 0) is 9.59 Å². The molecular formula is C22H21N5O5. The van der Waals surface area contributed by atoms with Gasteiger partial charge in [0.1, 0.15) is 11.6 Å². The number of non-ortho nitro benzene ring substituents is 1. The molecule has 2 aromatic carbocycles. The number of aryl methyl sites for hydroxylation is 1. The van der Waals surface area contributed by atoms with Gasteiger partial charge in [-0.05, 0) is 31.2 Å². The average Bonchev–Trinajstić information content (AvgIpc) is 3.36. The van der Waals surface area contributed by atoms with Crippen LogP contribution in [0.3, 0.4) is 0 Å². The number of nitro groups is 1. The molecule has 1 aliphatic heterocycles. The molecule has 32 heavy (non-hydrogen) atoms. The predicted octanol–water partition coefficient (Wildman–Crippen LogP) is 3.09. The lowest BCUT2D eigenvalue weighted by atomic mass is 10.1. The van der Waals surface area contributed by atoms with Gasteiger partial charge in [0.25, 0.3) is 5.69 Å². The first-order chi connectivity index (χ1) is 15.4. The number of rotatable bonds is 6. The highest BCUT2D eigenvalue weighted by Crippen LogP contribution is 2.29. The van der Waals surface area contributed by atoms with Gasteiger partial charge in [-0.1, -0.05) is 6.07 Å². The summed E-state index contributed by atoms with van der Waals surface area (Å²) in [5, 5.41) is 18.1. The first-order valence-corrected chi connectivity index (χ1v) is 9.92. The minimum Gasteiger partial charge on any atom is -0.497 e. The number of ether oxygens (including phenoxy) is 1. The third kappa shape index (κ3) is 4.15. The number of nitrogens with one attached hydrogen (secondary N) is 1. The third-order valence-corrected chi connectivity index (χ3v) is 5.25. The van der Waals surface area contributed by atoms with E-state index in [0.29, 0.717) is 28.6 Å². The fraction of sp³-hybridized carbons (Fsp3) is 0.227. The monoisotopic (exact) mass is 435 g/mol. The standard InChI is InChI=1S/C22H21N5O5/c1-14-10-20(26(24-14)16-6-8-17(9-7-16)27(30)31)23-22(29)15-11-21(28)25(13-15)18-4-3-5-19(12-18)32-2/h3-10,12,15H,11,13H2,1-2H3,(H,23,29). The van der Waals surface area contributed by atoms with Gasteiger partial charge in [-0.3, -0.25) is 19.7 Å². The Morgan fingerprint density at radius 3 is 2.62 bits per heavy atom. The Kier molecular flexibility index (Phi) is 5.59. The smallest absolute Gasteiger partial charge is 0.269 e. The fourth-order valence-corrected chi connectivity index (χ4v) is 3.64. The van der Waals surface area contributed by atoms with Crippen LogP contribution in [0.4, 0.5) is 17.2 Å². The van der Waals surface area contributed by atoms with Gasteiger partial charge in [-0.25, -0.2) is 4.68 Å². The normalized spacial score (nSPS) is 15.6. The molecule has 1 aromatic heterocycles. The number of carbonyl (C=O) groups excluding carboxylic acids is 2. The number of aromatic nitrogens is 2. The highest BCUT2D eigenvalue weighted by Gasteiger charge is 2.35. The van der Waals surface area contributed by atoms with E-state index in [1.54, 1.807) is 61.4 Å². The summed E-state index contributed by atoms with van der Waals surface area (Å²) in [5.41, 5.74) is 1.88. The Morgan fingerprint density at radius 1 is 1.19 bits per heavy atom. The van der Waals surface area contributed by atoms with E-state index in [0.717, 1.165) is 0 Å². The van der Waals surface area contributed by atoms with Crippen molar-refractivity contribution in [1.82, 2.24) is 9.78 Å². The molecule has 1 saturated heterocycles. The van der Waals surface area contributed by atoms with Crippen molar-refractivity contribution in [2.45, 2.75) is 13.3 Å². The third-order valence-electron chi connectivity index (χ3n) is 5.25. The first-order valence-electron chi connectivity index (χ1n) is 9.92. The second kappa shape index (κ2) is 8.50. The molecule has 0 spiro atoms. The number of hydrogen-bond acceptors (Lipinski definition) is 6. The molecule has 10 nitrogen and oxygen atoms in total. The molecule has 0 radical (unpaired) electrons. The molecule has 1 N–H and O–H groups in total. The molecule has 1 atom stereocenters.